The van der Waals surface area contributed by atoms with Crippen LogP contribution < -0.4 is 4.74 Å². The van der Waals surface area contributed by atoms with Gasteiger partial charge in [-0.15, -0.1) is 0 Å². The van der Waals surface area contributed by atoms with Gasteiger partial charge in [-0.1, -0.05) is 0 Å². The van der Waals surface area contributed by atoms with Crippen molar-refractivity contribution in [2.45, 2.75) is 16.7 Å². The Bertz CT molecular complexity index is 463. The van der Waals surface area contributed by atoms with Crippen molar-refractivity contribution in [1.82, 2.24) is 0 Å². The molecule has 0 saturated carbocycles. The molecule has 0 spiro atoms. The Morgan fingerprint density at radius 3 is 2.00 bits per heavy atom. The lowest BCUT2D eigenvalue weighted by Crippen LogP contribution is -1.91. The summed E-state index contributed by atoms with van der Waals surface area (Å²) >= 11 is 1.13. The zero-order valence-corrected chi connectivity index (χ0v) is 10.5. The average Bonchev–Trinajstić information content (AvgIpc) is 2.35. The normalized spacial score (nSPS) is 10.2. The Morgan fingerprint density at radius 2 is 1.47 bits per heavy atom. The van der Waals surface area contributed by atoms with Crippen LogP contribution in [-0.2, 0) is 11.8 Å². The van der Waals surface area contributed by atoms with Crippen LogP contribution in [0.15, 0.2) is 58.3 Å². The minimum Gasteiger partial charge on any atom is -0.508 e. The number of thiol groups is 1. The van der Waals surface area contributed by atoms with Crippen LogP contribution in [0.2, 0.25) is 0 Å². The zero-order valence-electron chi connectivity index (χ0n) is 9.63. The zero-order chi connectivity index (χ0) is 12.1. The van der Waals surface area contributed by atoms with Crippen LogP contribution in [0.3, 0.4) is 0 Å². The first-order chi connectivity index (χ1) is 8.28. The number of ether oxygens (including phenoxy) is 1. The van der Waals surface area contributed by atoms with Gasteiger partial charge >= 0.3 is 0 Å². The fourth-order valence-electron chi connectivity index (χ4n) is 1.46. The van der Waals surface area contributed by atoms with E-state index in [4.69, 9.17) is 4.74 Å². The molecular weight excluding hydrogens is 232 g/mol. The summed E-state index contributed by atoms with van der Waals surface area (Å²) in [5, 5.41) is 9.20. The monoisotopic (exact) mass is 247 g/mol. The maximum absolute atomic E-state index is 9.20. The third kappa shape index (κ3) is 3.43. The molecule has 2 aromatic rings. The van der Waals surface area contributed by atoms with Gasteiger partial charge in [0, 0.05) is 11.8 Å². The predicted molar refractivity (Wildman–Crippen MR) is 71.0 cm³/mol. The van der Waals surface area contributed by atoms with E-state index in [1.165, 1.54) is 4.90 Å². The van der Waals surface area contributed by atoms with Crippen molar-refractivity contribution >= 4 is 11.8 Å². The molecule has 0 heterocycles. The van der Waals surface area contributed by atoms with Gasteiger partial charge in [-0.25, -0.2) is 0 Å². The topological polar surface area (TPSA) is 29.5 Å². The SMILES string of the molecule is CCOc1ccc([SH+]c2ccc(O)cc2)cc1. The molecule has 0 fully saturated rings. The van der Waals surface area contributed by atoms with Gasteiger partial charge in [0.25, 0.3) is 0 Å². The van der Waals surface area contributed by atoms with E-state index in [2.05, 4.69) is 12.1 Å². The Labute approximate surface area is 105 Å². The van der Waals surface area contributed by atoms with Gasteiger partial charge in [0.1, 0.15) is 11.5 Å². The van der Waals surface area contributed by atoms with Gasteiger partial charge in [-0.3, -0.25) is 0 Å². The van der Waals surface area contributed by atoms with Crippen molar-refractivity contribution < 1.29 is 9.84 Å². The maximum Gasteiger partial charge on any atom is 0.158 e. The molecule has 0 saturated heterocycles. The summed E-state index contributed by atoms with van der Waals surface area (Å²) in [5.41, 5.74) is 0. The van der Waals surface area contributed by atoms with E-state index in [9.17, 15) is 5.11 Å². The van der Waals surface area contributed by atoms with Crippen LogP contribution >= 0.6 is 0 Å². The third-order valence-corrected chi connectivity index (χ3v) is 3.37. The molecule has 17 heavy (non-hydrogen) atoms. The number of phenols is 1. The molecule has 0 aliphatic carbocycles. The van der Waals surface area contributed by atoms with E-state index in [1.54, 1.807) is 12.1 Å². The highest BCUT2D eigenvalue weighted by molar-refractivity contribution is 7.78. The van der Waals surface area contributed by atoms with E-state index in [0.717, 1.165) is 22.4 Å². The molecule has 2 rings (SSSR count). The number of phenolic OH excluding ortho intramolecular Hbond substituents is 1. The van der Waals surface area contributed by atoms with Crippen molar-refractivity contribution in [3.8, 4) is 11.5 Å². The summed E-state index contributed by atoms with van der Waals surface area (Å²) in [7, 11) is 0. The summed E-state index contributed by atoms with van der Waals surface area (Å²) in [6.07, 6.45) is 0. The summed E-state index contributed by atoms with van der Waals surface area (Å²) in [5.74, 6) is 1.20. The number of hydrogen-bond acceptors (Lipinski definition) is 2. The molecule has 0 aliphatic rings. The molecule has 0 unspecified atom stereocenters. The second-order valence-electron chi connectivity index (χ2n) is 3.56. The molecule has 0 radical (unpaired) electrons. The Kier molecular flexibility index (Phi) is 3.94. The second-order valence-corrected chi connectivity index (χ2v) is 4.81. The lowest BCUT2D eigenvalue weighted by atomic mass is 10.3. The van der Waals surface area contributed by atoms with Gasteiger partial charge < -0.3 is 9.84 Å². The van der Waals surface area contributed by atoms with E-state index in [-0.39, 0.29) is 0 Å². The van der Waals surface area contributed by atoms with Crippen molar-refractivity contribution in [3.05, 3.63) is 48.5 Å². The standard InChI is InChI=1S/C14H14O2S/c1-2-16-12-5-9-14(10-6-12)17-13-7-3-11(15)4-8-13/h3-10,15H,2H2,1H3/p+1. The first kappa shape index (κ1) is 11.9. The summed E-state index contributed by atoms with van der Waals surface area (Å²) in [6.45, 7) is 2.66. The quantitative estimate of drug-likeness (QED) is 0.664. The first-order valence-corrected chi connectivity index (χ1v) is 6.41. The van der Waals surface area contributed by atoms with Crippen LogP contribution in [0.25, 0.3) is 0 Å². The smallest absolute Gasteiger partial charge is 0.158 e. The molecule has 2 nitrogen and oxygen atoms in total. The van der Waals surface area contributed by atoms with Gasteiger partial charge in [-0.05, 0) is 55.5 Å². The summed E-state index contributed by atoms with van der Waals surface area (Å²) < 4.78 is 5.39. The second kappa shape index (κ2) is 5.64. The first-order valence-electron chi connectivity index (χ1n) is 5.51. The van der Waals surface area contributed by atoms with E-state index >= 15 is 0 Å². The molecule has 0 bridgehead atoms. The highest BCUT2D eigenvalue weighted by atomic mass is 32.2. The molecule has 3 heteroatoms. The Balaban J connectivity index is 2.05. The predicted octanol–water partition coefficient (Wildman–Crippen LogP) is 3.02. The van der Waals surface area contributed by atoms with Gasteiger partial charge in [0.05, 0.1) is 6.61 Å². The van der Waals surface area contributed by atoms with Gasteiger partial charge in [0.2, 0.25) is 0 Å². The van der Waals surface area contributed by atoms with E-state index in [0.29, 0.717) is 12.4 Å². The summed E-state index contributed by atoms with van der Waals surface area (Å²) in [4.78, 5) is 2.37. The number of hydrogen-bond donors (Lipinski definition) is 1. The Morgan fingerprint density at radius 1 is 0.941 bits per heavy atom. The minimum atomic E-state index is 0.302. The lowest BCUT2D eigenvalue weighted by molar-refractivity contribution is 0.340. The van der Waals surface area contributed by atoms with Crippen molar-refractivity contribution in [2.24, 2.45) is 0 Å². The number of aromatic hydroxyl groups is 1. The van der Waals surface area contributed by atoms with Gasteiger partial charge in [0.15, 0.2) is 9.79 Å². The van der Waals surface area contributed by atoms with Crippen molar-refractivity contribution in [2.75, 3.05) is 6.61 Å². The molecule has 0 amide bonds. The van der Waals surface area contributed by atoms with Crippen LogP contribution in [0.4, 0.5) is 0 Å². The van der Waals surface area contributed by atoms with Crippen LogP contribution in [0.5, 0.6) is 11.5 Å². The fourth-order valence-corrected chi connectivity index (χ4v) is 2.35. The van der Waals surface area contributed by atoms with Crippen LogP contribution in [0, 0.1) is 0 Å². The number of rotatable bonds is 4. The molecule has 88 valence electrons. The third-order valence-electron chi connectivity index (χ3n) is 2.26. The lowest BCUT2D eigenvalue weighted by Gasteiger charge is -2.01. The van der Waals surface area contributed by atoms with Gasteiger partial charge in [-0.2, -0.15) is 0 Å². The molecule has 2 aromatic carbocycles. The largest absolute Gasteiger partial charge is 0.508 e. The highest BCUT2D eigenvalue weighted by Crippen LogP contribution is 2.18. The maximum atomic E-state index is 9.20. The van der Waals surface area contributed by atoms with Crippen LogP contribution in [-0.4, -0.2) is 11.7 Å². The molecule has 1 N–H and O–H groups in total. The van der Waals surface area contributed by atoms with E-state index in [1.807, 2.05) is 31.2 Å². The number of benzene rings is 2. The molecule has 0 atom stereocenters. The van der Waals surface area contributed by atoms with Crippen LogP contribution in [0.1, 0.15) is 6.92 Å². The van der Waals surface area contributed by atoms with Crippen molar-refractivity contribution in [3.63, 3.8) is 0 Å². The fraction of sp³-hybridized carbons (Fsp3) is 0.143. The molecule has 0 aliphatic heterocycles. The molecular formula is C14H15O2S+. The van der Waals surface area contributed by atoms with E-state index < -0.39 is 0 Å². The average molecular weight is 247 g/mol. The summed E-state index contributed by atoms with van der Waals surface area (Å²) in [6, 6.07) is 15.3. The molecule has 0 aromatic heterocycles. The Hall–Kier alpha value is -1.61. The van der Waals surface area contributed by atoms with Crippen molar-refractivity contribution in [1.29, 1.82) is 0 Å². The highest BCUT2D eigenvalue weighted by Gasteiger charge is 2.06. The minimum absolute atomic E-state index is 0.302.